The Bertz CT molecular complexity index is 6110. The zero-order valence-corrected chi connectivity index (χ0v) is 63.1. The molecule has 0 N–H and O–H groups in total. The van der Waals surface area contributed by atoms with E-state index >= 15 is 0 Å². The molecule has 0 atom stereocenters. The fraction of sp³-hybridized carbons (Fsp3) is 0. The summed E-state index contributed by atoms with van der Waals surface area (Å²) in [6.07, 6.45) is 0. The van der Waals surface area contributed by atoms with Crippen molar-refractivity contribution >= 4 is 136 Å². The van der Waals surface area contributed by atoms with Crippen LogP contribution in [0.25, 0.3) is 111 Å². The Kier molecular flexibility index (Phi) is 19.2. The molecule has 16 aromatic carbocycles. The molecule has 0 fully saturated rings. The average molecular weight is 1500 g/mol. The lowest BCUT2D eigenvalue weighted by molar-refractivity contribution is 1.23. The molecule has 0 aliphatic heterocycles. The minimum atomic E-state index is 0.716. The van der Waals surface area contributed by atoms with Gasteiger partial charge in [-0.3, -0.25) is 0 Å². The third kappa shape index (κ3) is 13.5. The van der Waals surface area contributed by atoms with Crippen molar-refractivity contribution in [3.63, 3.8) is 0 Å². The van der Waals surface area contributed by atoms with Gasteiger partial charge in [-0.1, -0.05) is 291 Å². The average Bonchev–Trinajstić information content (AvgIpc) is 1.23. The van der Waals surface area contributed by atoms with E-state index in [1.54, 1.807) is 0 Å². The molecule has 20 aromatic rings. The van der Waals surface area contributed by atoms with Gasteiger partial charge in [0.05, 0.1) is 46.2 Å². The summed E-state index contributed by atoms with van der Waals surface area (Å²) in [5.74, 6) is 0. The highest BCUT2D eigenvalue weighted by molar-refractivity contribution is 7.00. The van der Waals surface area contributed by atoms with Crippen molar-refractivity contribution < 1.29 is 0 Å². The number of nitrogens with zero attached hydrogens (tertiary/aromatic N) is 12. The lowest BCUT2D eigenvalue weighted by Crippen LogP contribution is -2.16. The molecule has 0 bridgehead atoms. The van der Waals surface area contributed by atoms with Crippen LogP contribution in [0.4, 0.5) is 68.2 Å². The van der Waals surface area contributed by atoms with E-state index in [2.05, 4.69) is 335 Å². The second kappa shape index (κ2) is 31.6. The van der Waals surface area contributed by atoms with E-state index in [4.69, 9.17) is 37.4 Å². The zero-order chi connectivity index (χ0) is 75.9. The predicted octanol–water partition coefficient (Wildman–Crippen LogP) is 27.2. The van der Waals surface area contributed by atoms with Crippen molar-refractivity contribution in [2.24, 2.45) is 0 Å². The molecule has 0 radical (unpaired) electrons. The number of benzene rings is 16. The van der Waals surface area contributed by atoms with Crippen molar-refractivity contribution in [1.29, 1.82) is 0 Å². The predicted molar refractivity (Wildman–Crippen MR) is 472 cm³/mol. The lowest BCUT2D eigenvalue weighted by atomic mass is 9.93. The van der Waals surface area contributed by atoms with Gasteiger partial charge in [-0.15, -0.1) is 0 Å². The lowest BCUT2D eigenvalue weighted by Gasteiger charge is -2.30. The molecule has 0 aliphatic rings. The van der Waals surface area contributed by atoms with Gasteiger partial charge in [0.1, 0.15) is 55.5 Å². The Morgan fingerprint density at radius 2 is 0.333 bits per heavy atom. The standard InChI is InChI=1S/C56H38N6S.C44H30N6S/c1-7-19-41(20-8-1)51-52(42-21-9-2-10-22-42)58-54-50(40-33-37-48(38-34-40)62(45-27-15-5-16-28-45)46-29-17-6-18-30-46)56-55(59-63-60-56)49(53(54)57-51)39-31-35-47(36-32-39)61(43-23-11-3-12-24-43)44-25-13-4-14-26-44;1-7-19-31(20-8-1)37-38(32-21-9-2-10-22-32)46-40-39(45-37)43(49(33-23-11-3-12-24-33)34-25-13-4-14-26-34)41-42(48-51-47-41)44(40)50(35-27-15-5-16-28-35)36-29-17-6-18-30-36/h1-38H;1-30H. The van der Waals surface area contributed by atoms with E-state index in [0.717, 1.165) is 169 Å². The molecule has 0 saturated carbocycles. The molecule has 0 saturated heterocycles. The first-order chi connectivity index (χ1) is 56.6. The first-order valence-electron chi connectivity index (χ1n) is 37.7. The van der Waals surface area contributed by atoms with Crippen LogP contribution in [0.3, 0.4) is 0 Å². The van der Waals surface area contributed by atoms with E-state index in [-0.39, 0.29) is 0 Å². The molecule has 0 aliphatic carbocycles. The largest absolute Gasteiger partial charge is 0.311 e. The number of fused-ring (bicyclic) bond motifs is 4. The van der Waals surface area contributed by atoms with Gasteiger partial charge >= 0.3 is 0 Å². The molecular weight excluding hydrogens is 1430 g/mol. The van der Waals surface area contributed by atoms with E-state index in [1.807, 2.05) is 97.1 Å². The highest BCUT2D eigenvalue weighted by Crippen LogP contribution is 2.52. The van der Waals surface area contributed by atoms with Gasteiger partial charge in [0.2, 0.25) is 0 Å². The highest BCUT2D eigenvalue weighted by Gasteiger charge is 2.32. The minimum Gasteiger partial charge on any atom is -0.311 e. The normalized spacial score (nSPS) is 11.2. The maximum absolute atomic E-state index is 5.66. The maximum atomic E-state index is 5.66. The summed E-state index contributed by atoms with van der Waals surface area (Å²) in [6, 6.07) is 142. The summed E-state index contributed by atoms with van der Waals surface area (Å²) in [5.41, 5.74) is 28.8. The second-order valence-electron chi connectivity index (χ2n) is 27.2. The second-order valence-corrected chi connectivity index (χ2v) is 28.2. The fourth-order valence-electron chi connectivity index (χ4n) is 15.1. The van der Waals surface area contributed by atoms with Crippen LogP contribution in [-0.4, -0.2) is 37.4 Å². The molecule has 14 heteroatoms. The van der Waals surface area contributed by atoms with Crippen LogP contribution in [0, 0.1) is 0 Å². The first kappa shape index (κ1) is 69.5. The molecule has 0 spiro atoms. The smallest absolute Gasteiger partial charge is 0.133 e. The molecule has 0 unspecified atom stereocenters. The topological polar surface area (TPSA) is 116 Å². The number of aromatic nitrogens is 8. The molecule has 0 amide bonds. The molecule has 114 heavy (non-hydrogen) atoms. The van der Waals surface area contributed by atoms with Crippen LogP contribution in [0.5, 0.6) is 0 Å². The van der Waals surface area contributed by atoms with Crippen molar-refractivity contribution in [2.45, 2.75) is 0 Å². The first-order valence-corrected chi connectivity index (χ1v) is 39.1. The van der Waals surface area contributed by atoms with Crippen LogP contribution < -0.4 is 19.6 Å². The van der Waals surface area contributed by atoms with Crippen LogP contribution >= 0.6 is 23.5 Å². The van der Waals surface area contributed by atoms with E-state index in [0.29, 0.717) is 11.0 Å². The van der Waals surface area contributed by atoms with Gasteiger partial charge in [-0.05, 0) is 132 Å². The van der Waals surface area contributed by atoms with Gasteiger partial charge in [-0.25, -0.2) is 19.9 Å². The molecule has 12 nitrogen and oxygen atoms in total. The molecule has 20 rings (SSSR count). The number of rotatable bonds is 18. The van der Waals surface area contributed by atoms with Gasteiger partial charge in [0, 0.05) is 90.3 Å². The van der Waals surface area contributed by atoms with E-state index in [9.17, 15) is 0 Å². The number of hydrogen-bond donors (Lipinski definition) is 0. The summed E-state index contributed by atoms with van der Waals surface area (Å²) < 4.78 is 20.2. The Labute approximate surface area is 668 Å². The molecule has 540 valence electrons. The van der Waals surface area contributed by atoms with Crippen LogP contribution in [0.1, 0.15) is 0 Å². The van der Waals surface area contributed by atoms with Gasteiger partial charge in [-0.2, -0.15) is 17.5 Å². The molecule has 4 aromatic heterocycles. The third-order valence-electron chi connectivity index (χ3n) is 20.2. The number of hydrogen-bond acceptors (Lipinski definition) is 14. The van der Waals surface area contributed by atoms with Crippen LogP contribution in [0.15, 0.2) is 413 Å². The third-order valence-corrected chi connectivity index (χ3v) is 21.2. The monoisotopic (exact) mass is 1500 g/mol. The van der Waals surface area contributed by atoms with Crippen molar-refractivity contribution in [1.82, 2.24) is 37.4 Å². The Morgan fingerprint density at radius 1 is 0.149 bits per heavy atom. The van der Waals surface area contributed by atoms with Gasteiger partial charge in [0.15, 0.2) is 0 Å². The number of anilines is 12. The van der Waals surface area contributed by atoms with Crippen LogP contribution in [0.2, 0.25) is 0 Å². The summed E-state index contributed by atoms with van der Waals surface area (Å²) in [4.78, 5) is 31.6. The highest BCUT2D eigenvalue weighted by atomic mass is 32.1. The summed E-state index contributed by atoms with van der Waals surface area (Å²) in [7, 11) is 0. The Hall–Kier alpha value is -15.0. The summed E-state index contributed by atoms with van der Waals surface area (Å²) in [6.45, 7) is 0. The Balaban J connectivity index is 0.000000156. The Morgan fingerprint density at radius 3 is 0.561 bits per heavy atom. The van der Waals surface area contributed by atoms with Crippen molar-refractivity contribution in [3.8, 4) is 67.3 Å². The van der Waals surface area contributed by atoms with Crippen molar-refractivity contribution in [2.75, 3.05) is 19.6 Å². The fourth-order valence-corrected chi connectivity index (χ4v) is 16.2. The SMILES string of the molecule is c1ccc(-c2nc3c(-c4ccc(N(c5ccccc5)c5ccccc5)cc4)c4nsnc4c(-c4ccc(N(c5ccccc5)c5ccccc5)cc4)c3nc2-c2ccccc2)cc1.c1ccc(-c2nc3c(N(c4ccccc4)c4ccccc4)c4nsnc4c(N(c4ccccc4)c4ccccc4)c3nc2-c2ccccc2)cc1. The van der Waals surface area contributed by atoms with E-state index in [1.165, 1.54) is 23.5 Å². The minimum absolute atomic E-state index is 0.716. The number of para-hydroxylation sites is 8. The molecular formula is C100H68N12S2. The van der Waals surface area contributed by atoms with Crippen LogP contribution in [-0.2, 0) is 0 Å². The van der Waals surface area contributed by atoms with Gasteiger partial charge in [0.25, 0.3) is 0 Å². The maximum Gasteiger partial charge on any atom is 0.133 e. The molecule has 4 heterocycles. The summed E-state index contributed by atoms with van der Waals surface area (Å²) in [5, 5.41) is 0. The van der Waals surface area contributed by atoms with Gasteiger partial charge < -0.3 is 19.6 Å². The van der Waals surface area contributed by atoms with E-state index < -0.39 is 0 Å². The van der Waals surface area contributed by atoms with Crippen molar-refractivity contribution in [3.05, 3.63) is 413 Å². The quantitative estimate of drug-likeness (QED) is 0.0762. The summed E-state index contributed by atoms with van der Waals surface area (Å²) >= 11 is 2.42. The zero-order valence-electron chi connectivity index (χ0n) is 61.4.